The van der Waals surface area contributed by atoms with Gasteiger partial charge < -0.3 is 10.5 Å². The minimum Gasteiger partial charge on any atom is -0.465 e. The lowest BCUT2D eigenvalue weighted by Gasteiger charge is -2.06. The molecule has 2 rings (SSSR count). The molecule has 0 spiro atoms. The van der Waals surface area contributed by atoms with Crippen molar-refractivity contribution in [2.24, 2.45) is 5.73 Å². The molecule has 0 aliphatic heterocycles. The quantitative estimate of drug-likeness (QED) is 0.838. The number of ether oxygens (including phenoxy) is 1. The molecule has 1 aromatic carbocycles. The molecule has 0 bridgehead atoms. The van der Waals surface area contributed by atoms with Gasteiger partial charge in [0.1, 0.15) is 5.69 Å². The maximum absolute atomic E-state index is 11.7. The number of aromatic nitrogens is 1. The molecular formula is C12H9ClN2O3. The Labute approximate surface area is 108 Å². The number of rotatable bonds is 2. The Kier molecular flexibility index (Phi) is 3.16. The van der Waals surface area contributed by atoms with Crippen LogP contribution in [0.4, 0.5) is 0 Å². The summed E-state index contributed by atoms with van der Waals surface area (Å²) in [5, 5.41) is 1.00. The van der Waals surface area contributed by atoms with E-state index in [0.29, 0.717) is 15.9 Å². The maximum atomic E-state index is 11.7. The van der Waals surface area contributed by atoms with Crippen LogP contribution in [0, 0.1) is 0 Å². The van der Waals surface area contributed by atoms with Crippen LogP contribution in [0.15, 0.2) is 24.3 Å². The van der Waals surface area contributed by atoms with Crippen LogP contribution >= 0.6 is 11.6 Å². The molecule has 0 atom stereocenters. The lowest BCUT2D eigenvalue weighted by molar-refractivity contribution is 0.0603. The Hall–Kier alpha value is -2.14. The summed E-state index contributed by atoms with van der Waals surface area (Å²) in [6, 6.07) is 6.13. The number of fused-ring (bicyclic) bond motifs is 1. The third-order valence-electron chi connectivity index (χ3n) is 2.43. The first-order valence-corrected chi connectivity index (χ1v) is 5.39. The van der Waals surface area contributed by atoms with Crippen molar-refractivity contribution < 1.29 is 14.3 Å². The minimum atomic E-state index is -0.720. The van der Waals surface area contributed by atoms with E-state index in [1.807, 2.05) is 0 Å². The second kappa shape index (κ2) is 4.62. The van der Waals surface area contributed by atoms with E-state index < -0.39 is 11.9 Å². The summed E-state index contributed by atoms with van der Waals surface area (Å²) in [6.07, 6.45) is 0. The molecule has 0 unspecified atom stereocenters. The summed E-state index contributed by atoms with van der Waals surface area (Å²) in [6.45, 7) is 0. The minimum absolute atomic E-state index is 0.00910. The van der Waals surface area contributed by atoms with Crippen molar-refractivity contribution >= 4 is 34.4 Å². The second-order valence-electron chi connectivity index (χ2n) is 3.57. The molecule has 2 N–H and O–H groups in total. The molecule has 0 aliphatic carbocycles. The molecule has 18 heavy (non-hydrogen) atoms. The van der Waals surface area contributed by atoms with Crippen LogP contribution < -0.4 is 5.73 Å². The average Bonchev–Trinajstić information content (AvgIpc) is 2.35. The van der Waals surface area contributed by atoms with E-state index in [-0.39, 0.29) is 11.3 Å². The van der Waals surface area contributed by atoms with Crippen LogP contribution in [0.25, 0.3) is 10.9 Å². The number of amides is 1. The maximum Gasteiger partial charge on any atom is 0.338 e. The number of nitrogens with zero attached hydrogens (tertiary/aromatic N) is 1. The highest BCUT2D eigenvalue weighted by molar-refractivity contribution is 6.31. The Bertz CT molecular complexity index is 655. The zero-order chi connectivity index (χ0) is 13.3. The molecule has 92 valence electrons. The van der Waals surface area contributed by atoms with Crippen LogP contribution in [0.2, 0.25) is 5.02 Å². The van der Waals surface area contributed by atoms with Crippen molar-refractivity contribution in [2.45, 2.75) is 0 Å². The standard InChI is InChI=1S/C12H9ClN2O3/c1-18-12(17)8-5-10(11(14)16)15-9-4-6(13)2-3-7(8)9/h2-5H,1H3,(H2,14,16). The zero-order valence-corrected chi connectivity index (χ0v) is 10.2. The summed E-state index contributed by atoms with van der Waals surface area (Å²) in [4.78, 5) is 26.9. The highest BCUT2D eigenvalue weighted by Crippen LogP contribution is 2.22. The van der Waals surface area contributed by atoms with Gasteiger partial charge in [0.15, 0.2) is 0 Å². The largest absolute Gasteiger partial charge is 0.465 e. The normalized spacial score (nSPS) is 10.3. The van der Waals surface area contributed by atoms with Gasteiger partial charge in [-0.3, -0.25) is 4.79 Å². The Morgan fingerprint density at radius 3 is 2.67 bits per heavy atom. The van der Waals surface area contributed by atoms with Gasteiger partial charge in [-0.15, -0.1) is 0 Å². The number of esters is 1. The molecule has 0 saturated carbocycles. The monoisotopic (exact) mass is 264 g/mol. The van der Waals surface area contributed by atoms with Crippen molar-refractivity contribution in [1.29, 1.82) is 0 Å². The first kappa shape index (κ1) is 12.3. The van der Waals surface area contributed by atoms with Crippen molar-refractivity contribution in [3.05, 3.63) is 40.5 Å². The highest BCUT2D eigenvalue weighted by atomic mass is 35.5. The number of nitrogens with two attached hydrogens (primary N) is 1. The van der Waals surface area contributed by atoms with Gasteiger partial charge in [-0.05, 0) is 18.2 Å². The molecule has 2 aromatic rings. The van der Waals surface area contributed by atoms with Gasteiger partial charge in [0.25, 0.3) is 5.91 Å². The smallest absolute Gasteiger partial charge is 0.338 e. The van der Waals surface area contributed by atoms with Crippen molar-refractivity contribution in [2.75, 3.05) is 7.11 Å². The number of hydrogen-bond acceptors (Lipinski definition) is 4. The van der Waals surface area contributed by atoms with Crippen LogP contribution in [0.1, 0.15) is 20.8 Å². The van der Waals surface area contributed by atoms with Gasteiger partial charge in [0.2, 0.25) is 0 Å². The fourth-order valence-corrected chi connectivity index (χ4v) is 1.77. The van der Waals surface area contributed by atoms with Gasteiger partial charge >= 0.3 is 5.97 Å². The Morgan fingerprint density at radius 2 is 2.06 bits per heavy atom. The van der Waals surface area contributed by atoms with E-state index in [4.69, 9.17) is 17.3 Å². The van der Waals surface area contributed by atoms with E-state index >= 15 is 0 Å². The van der Waals surface area contributed by atoms with Crippen LogP contribution in [-0.4, -0.2) is 24.0 Å². The lowest BCUT2D eigenvalue weighted by Crippen LogP contribution is -2.15. The fraction of sp³-hybridized carbons (Fsp3) is 0.0833. The Morgan fingerprint density at radius 1 is 1.33 bits per heavy atom. The summed E-state index contributed by atoms with van der Waals surface area (Å²) in [5.74, 6) is -1.28. The summed E-state index contributed by atoms with van der Waals surface area (Å²) in [5.41, 5.74) is 5.80. The van der Waals surface area contributed by atoms with Crippen LogP contribution in [0.3, 0.4) is 0 Å². The average molecular weight is 265 g/mol. The molecule has 0 saturated heterocycles. The molecule has 1 amide bonds. The van der Waals surface area contributed by atoms with E-state index in [2.05, 4.69) is 9.72 Å². The van der Waals surface area contributed by atoms with Gasteiger partial charge in [-0.2, -0.15) is 0 Å². The predicted molar refractivity (Wildman–Crippen MR) is 66.6 cm³/mol. The SMILES string of the molecule is COC(=O)c1cc(C(N)=O)nc2cc(Cl)ccc12. The fourth-order valence-electron chi connectivity index (χ4n) is 1.61. The molecule has 0 aliphatic rings. The van der Waals surface area contributed by atoms with Crippen LogP contribution in [-0.2, 0) is 4.74 Å². The summed E-state index contributed by atoms with van der Waals surface area (Å²) >= 11 is 5.84. The summed E-state index contributed by atoms with van der Waals surface area (Å²) < 4.78 is 4.66. The van der Waals surface area contributed by atoms with E-state index in [1.165, 1.54) is 13.2 Å². The van der Waals surface area contributed by atoms with Crippen LogP contribution in [0.5, 0.6) is 0 Å². The molecule has 5 nitrogen and oxygen atoms in total. The number of benzene rings is 1. The zero-order valence-electron chi connectivity index (χ0n) is 9.44. The number of primary amides is 1. The van der Waals surface area contributed by atoms with Gasteiger partial charge in [0.05, 0.1) is 18.2 Å². The van der Waals surface area contributed by atoms with Gasteiger partial charge in [0, 0.05) is 10.4 Å². The highest BCUT2D eigenvalue weighted by Gasteiger charge is 2.15. The molecule has 6 heteroatoms. The van der Waals surface area contributed by atoms with E-state index in [9.17, 15) is 9.59 Å². The number of methoxy groups -OCH3 is 1. The number of hydrogen-bond donors (Lipinski definition) is 1. The third kappa shape index (κ3) is 2.12. The topological polar surface area (TPSA) is 82.3 Å². The number of pyridine rings is 1. The van der Waals surface area contributed by atoms with E-state index in [1.54, 1.807) is 18.2 Å². The molecule has 1 aromatic heterocycles. The van der Waals surface area contributed by atoms with Crippen molar-refractivity contribution in [3.8, 4) is 0 Å². The number of carbonyl (C=O) groups is 2. The molecule has 0 radical (unpaired) electrons. The van der Waals surface area contributed by atoms with E-state index in [0.717, 1.165) is 0 Å². The van der Waals surface area contributed by atoms with Gasteiger partial charge in [-0.25, -0.2) is 9.78 Å². The number of halogens is 1. The van der Waals surface area contributed by atoms with Crippen molar-refractivity contribution in [1.82, 2.24) is 4.98 Å². The Balaban J connectivity index is 2.80. The lowest BCUT2D eigenvalue weighted by atomic mass is 10.1. The van der Waals surface area contributed by atoms with Gasteiger partial charge in [-0.1, -0.05) is 17.7 Å². The molecular weight excluding hydrogens is 256 g/mol. The second-order valence-corrected chi connectivity index (χ2v) is 4.01. The van der Waals surface area contributed by atoms with Crippen molar-refractivity contribution in [3.63, 3.8) is 0 Å². The third-order valence-corrected chi connectivity index (χ3v) is 2.66. The molecule has 1 heterocycles. The first-order valence-electron chi connectivity index (χ1n) is 5.01. The first-order chi connectivity index (χ1) is 8.52. The predicted octanol–water partition coefficient (Wildman–Crippen LogP) is 1.77. The number of carbonyl (C=O) groups excluding carboxylic acids is 2. The summed E-state index contributed by atoms with van der Waals surface area (Å²) in [7, 11) is 1.26. The molecule has 0 fully saturated rings.